The second-order valence-corrected chi connectivity index (χ2v) is 3.55. The second-order valence-electron chi connectivity index (χ2n) is 3.55. The van der Waals surface area contributed by atoms with Gasteiger partial charge in [0.1, 0.15) is 5.82 Å². The molecular weight excluding hydrogens is 200 g/mol. The first-order valence-corrected chi connectivity index (χ1v) is 4.99. The molecule has 0 aliphatic carbocycles. The number of nitrogen functional groups attached to an aromatic ring is 1. The van der Waals surface area contributed by atoms with Gasteiger partial charge in [-0.1, -0.05) is 18.2 Å². The van der Waals surface area contributed by atoms with Gasteiger partial charge >= 0.3 is 0 Å². The molecular formula is C12H10N4. The highest BCUT2D eigenvalue weighted by Crippen LogP contribution is 2.18. The smallest absolute Gasteiger partial charge is 0.125 e. The molecule has 3 rings (SSSR count). The van der Waals surface area contributed by atoms with Crippen molar-refractivity contribution in [1.82, 2.24) is 14.8 Å². The Labute approximate surface area is 92.3 Å². The van der Waals surface area contributed by atoms with E-state index in [2.05, 4.69) is 10.1 Å². The number of nitrogens with two attached hydrogens (primary N) is 1. The third-order valence-electron chi connectivity index (χ3n) is 2.49. The number of pyridine rings is 1. The monoisotopic (exact) mass is 210 g/mol. The fourth-order valence-corrected chi connectivity index (χ4v) is 1.75. The topological polar surface area (TPSA) is 56.7 Å². The van der Waals surface area contributed by atoms with Gasteiger partial charge in [0.15, 0.2) is 0 Å². The first-order chi connectivity index (χ1) is 7.84. The maximum Gasteiger partial charge on any atom is 0.125 e. The molecule has 0 aliphatic rings. The first-order valence-electron chi connectivity index (χ1n) is 4.99. The van der Waals surface area contributed by atoms with Crippen molar-refractivity contribution >= 4 is 16.7 Å². The number of para-hydroxylation sites is 1. The van der Waals surface area contributed by atoms with E-state index in [0.29, 0.717) is 5.82 Å². The Morgan fingerprint density at radius 2 is 2.00 bits per heavy atom. The lowest BCUT2D eigenvalue weighted by Crippen LogP contribution is -1.98. The Kier molecular flexibility index (Phi) is 1.86. The molecule has 0 saturated carbocycles. The first kappa shape index (κ1) is 8.91. The number of anilines is 1. The molecule has 3 aromatic rings. The van der Waals surface area contributed by atoms with E-state index < -0.39 is 0 Å². The van der Waals surface area contributed by atoms with Crippen LogP contribution >= 0.6 is 0 Å². The molecule has 0 fully saturated rings. The molecule has 4 nitrogen and oxygen atoms in total. The zero-order valence-electron chi connectivity index (χ0n) is 8.54. The zero-order chi connectivity index (χ0) is 11.0. The van der Waals surface area contributed by atoms with Crippen LogP contribution in [0.25, 0.3) is 16.6 Å². The molecule has 0 aliphatic heterocycles. The van der Waals surface area contributed by atoms with Crippen molar-refractivity contribution < 1.29 is 0 Å². The third-order valence-corrected chi connectivity index (χ3v) is 2.49. The summed E-state index contributed by atoms with van der Waals surface area (Å²) in [5.74, 6) is 0.497. The van der Waals surface area contributed by atoms with E-state index in [1.54, 1.807) is 12.3 Å². The van der Waals surface area contributed by atoms with Crippen molar-refractivity contribution in [2.75, 3.05) is 5.73 Å². The van der Waals surface area contributed by atoms with E-state index in [0.717, 1.165) is 16.6 Å². The molecule has 16 heavy (non-hydrogen) atoms. The summed E-state index contributed by atoms with van der Waals surface area (Å²) in [7, 11) is 0. The van der Waals surface area contributed by atoms with E-state index in [9.17, 15) is 0 Å². The highest BCUT2D eigenvalue weighted by atomic mass is 15.3. The summed E-state index contributed by atoms with van der Waals surface area (Å²) in [6, 6.07) is 11.7. The van der Waals surface area contributed by atoms with Gasteiger partial charge in [-0.3, -0.25) is 0 Å². The van der Waals surface area contributed by atoms with Crippen LogP contribution in [-0.2, 0) is 0 Å². The predicted molar refractivity (Wildman–Crippen MR) is 63.3 cm³/mol. The Morgan fingerprint density at radius 1 is 1.12 bits per heavy atom. The summed E-state index contributed by atoms with van der Waals surface area (Å²) in [5.41, 5.74) is 7.64. The zero-order valence-corrected chi connectivity index (χ0v) is 8.54. The number of nitrogens with zero attached hydrogens (tertiary/aromatic N) is 3. The van der Waals surface area contributed by atoms with E-state index in [4.69, 9.17) is 5.73 Å². The van der Waals surface area contributed by atoms with Crippen LogP contribution in [0.5, 0.6) is 0 Å². The van der Waals surface area contributed by atoms with E-state index >= 15 is 0 Å². The molecule has 2 heterocycles. The fourth-order valence-electron chi connectivity index (χ4n) is 1.75. The minimum Gasteiger partial charge on any atom is -0.384 e. The molecule has 4 heteroatoms. The van der Waals surface area contributed by atoms with Crippen LogP contribution in [0.4, 0.5) is 5.82 Å². The summed E-state index contributed by atoms with van der Waals surface area (Å²) in [6.45, 7) is 0. The number of benzene rings is 1. The molecule has 0 saturated heterocycles. The van der Waals surface area contributed by atoms with Crippen LogP contribution in [0.2, 0.25) is 0 Å². The average molecular weight is 210 g/mol. The van der Waals surface area contributed by atoms with E-state index in [1.165, 1.54) is 0 Å². The van der Waals surface area contributed by atoms with Gasteiger partial charge in [-0.25, -0.2) is 9.67 Å². The normalized spacial score (nSPS) is 10.8. The van der Waals surface area contributed by atoms with Gasteiger partial charge in [0.2, 0.25) is 0 Å². The Balaban J connectivity index is 2.26. The van der Waals surface area contributed by atoms with Gasteiger partial charge < -0.3 is 5.73 Å². The van der Waals surface area contributed by atoms with Gasteiger partial charge in [0, 0.05) is 17.6 Å². The summed E-state index contributed by atoms with van der Waals surface area (Å²) in [5, 5.41) is 5.45. The summed E-state index contributed by atoms with van der Waals surface area (Å²) in [6.07, 6.45) is 3.52. The lowest BCUT2D eigenvalue weighted by molar-refractivity contribution is 0.908. The van der Waals surface area contributed by atoms with E-state index in [-0.39, 0.29) is 0 Å². The van der Waals surface area contributed by atoms with Gasteiger partial charge in [0.05, 0.1) is 17.4 Å². The minimum absolute atomic E-state index is 0.497. The van der Waals surface area contributed by atoms with Crippen molar-refractivity contribution in [3.8, 4) is 5.69 Å². The van der Waals surface area contributed by atoms with E-state index in [1.807, 2.05) is 41.2 Å². The van der Waals surface area contributed by atoms with Gasteiger partial charge in [0.25, 0.3) is 0 Å². The Hall–Kier alpha value is -2.36. The molecule has 0 radical (unpaired) electrons. The molecule has 0 spiro atoms. The standard InChI is InChI=1S/C12H10N4/c13-12-7-10(5-6-14-12)16-11-4-2-1-3-9(11)8-15-16/h1-8H,(H2,13,14). The molecule has 0 atom stereocenters. The number of fused-ring (bicyclic) bond motifs is 1. The van der Waals surface area contributed by atoms with Crippen molar-refractivity contribution in [3.63, 3.8) is 0 Å². The van der Waals surface area contributed by atoms with Crippen molar-refractivity contribution in [2.45, 2.75) is 0 Å². The maximum absolute atomic E-state index is 5.66. The van der Waals surface area contributed by atoms with Crippen LogP contribution in [0.1, 0.15) is 0 Å². The molecule has 2 aromatic heterocycles. The number of aromatic nitrogens is 3. The average Bonchev–Trinajstić information content (AvgIpc) is 2.72. The number of hydrogen-bond acceptors (Lipinski definition) is 3. The molecule has 0 unspecified atom stereocenters. The highest BCUT2D eigenvalue weighted by molar-refractivity contribution is 5.80. The van der Waals surface area contributed by atoms with Crippen LogP contribution in [-0.4, -0.2) is 14.8 Å². The third kappa shape index (κ3) is 1.32. The molecule has 0 bridgehead atoms. The lowest BCUT2D eigenvalue weighted by Gasteiger charge is -2.03. The van der Waals surface area contributed by atoms with Crippen LogP contribution in [0, 0.1) is 0 Å². The van der Waals surface area contributed by atoms with Gasteiger partial charge in [-0.05, 0) is 12.1 Å². The number of rotatable bonds is 1. The summed E-state index contributed by atoms with van der Waals surface area (Å²) >= 11 is 0. The van der Waals surface area contributed by atoms with Crippen LogP contribution in [0.15, 0.2) is 48.8 Å². The molecule has 2 N–H and O–H groups in total. The quantitative estimate of drug-likeness (QED) is 0.668. The largest absolute Gasteiger partial charge is 0.384 e. The van der Waals surface area contributed by atoms with Crippen molar-refractivity contribution in [3.05, 3.63) is 48.8 Å². The van der Waals surface area contributed by atoms with Gasteiger partial charge in [-0.2, -0.15) is 5.10 Å². The van der Waals surface area contributed by atoms with Crippen LogP contribution < -0.4 is 5.73 Å². The van der Waals surface area contributed by atoms with Crippen molar-refractivity contribution in [1.29, 1.82) is 0 Å². The number of hydrogen-bond donors (Lipinski definition) is 1. The lowest BCUT2D eigenvalue weighted by atomic mass is 10.2. The molecule has 0 amide bonds. The molecule has 78 valence electrons. The maximum atomic E-state index is 5.66. The molecule has 1 aromatic carbocycles. The Bertz CT molecular complexity index is 642. The fraction of sp³-hybridized carbons (Fsp3) is 0. The Morgan fingerprint density at radius 3 is 2.88 bits per heavy atom. The van der Waals surface area contributed by atoms with Crippen molar-refractivity contribution in [2.24, 2.45) is 0 Å². The highest BCUT2D eigenvalue weighted by Gasteiger charge is 2.03. The van der Waals surface area contributed by atoms with Gasteiger partial charge in [-0.15, -0.1) is 0 Å². The minimum atomic E-state index is 0.497. The predicted octanol–water partition coefficient (Wildman–Crippen LogP) is 2.00. The summed E-state index contributed by atoms with van der Waals surface area (Å²) < 4.78 is 1.85. The SMILES string of the molecule is Nc1cc(-n2ncc3ccccc32)ccn1. The van der Waals surface area contributed by atoms with Crippen LogP contribution in [0.3, 0.4) is 0 Å². The second kappa shape index (κ2) is 3.34. The summed E-state index contributed by atoms with van der Waals surface area (Å²) in [4.78, 5) is 3.97.